The summed E-state index contributed by atoms with van der Waals surface area (Å²) in [5.41, 5.74) is 4.26. The molecule has 1 aromatic heterocycles. The number of hydrogen-bond acceptors (Lipinski definition) is 7. The second-order valence-electron chi connectivity index (χ2n) is 9.99. The number of amides is 2. The number of anilines is 5. The van der Waals surface area contributed by atoms with Crippen LogP contribution >= 0.6 is 11.6 Å². The Kier molecular flexibility index (Phi) is 7.34. The minimum Gasteiger partial charge on any atom is -0.494 e. The van der Waals surface area contributed by atoms with E-state index in [4.69, 9.17) is 21.3 Å². The van der Waals surface area contributed by atoms with Gasteiger partial charge in [0.25, 0.3) is 0 Å². The van der Waals surface area contributed by atoms with Crippen LogP contribution < -0.4 is 25.2 Å². The zero-order chi connectivity index (χ0) is 28.5. The first-order chi connectivity index (χ1) is 19.9. The Bertz CT molecular complexity index is 1590. The number of nitrogens with zero attached hydrogens (tertiary/aromatic N) is 5. The highest BCUT2D eigenvalue weighted by Gasteiger charge is 2.28. The highest BCUT2D eigenvalue weighted by atomic mass is 35.5. The number of likely N-dealkylation sites (N-methyl/N-ethyl adjacent to an activating group) is 1. The SMILES string of the molecule is COc1cc(N2CCN(C)CC2)ccc1Nc1ncc2c(n1)-c1ccccc1N(Cc1c(F)cccc1Cl)C(=O)N2. The molecule has 0 spiro atoms. The number of urea groups is 1. The van der Waals surface area contributed by atoms with Gasteiger partial charge in [0.2, 0.25) is 5.95 Å². The van der Waals surface area contributed by atoms with Crippen LogP contribution in [0.1, 0.15) is 5.56 Å². The van der Waals surface area contributed by atoms with Gasteiger partial charge in [-0.25, -0.2) is 19.2 Å². The average molecular weight is 574 g/mol. The van der Waals surface area contributed by atoms with Gasteiger partial charge in [-0.15, -0.1) is 0 Å². The summed E-state index contributed by atoms with van der Waals surface area (Å²) in [6, 6.07) is 17.4. The van der Waals surface area contributed by atoms with Crippen molar-refractivity contribution in [3.8, 4) is 17.0 Å². The summed E-state index contributed by atoms with van der Waals surface area (Å²) in [5, 5.41) is 6.39. The lowest BCUT2D eigenvalue weighted by atomic mass is 10.1. The lowest BCUT2D eigenvalue weighted by molar-refractivity contribution is 0.256. The van der Waals surface area contributed by atoms with Crippen molar-refractivity contribution >= 4 is 46.3 Å². The summed E-state index contributed by atoms with van der Waals surface area (Å²) in [5.74, 6) is 0.522. The molecule has 0 atom stereocenters. The number of benzene rings is 3. The Morgan fingerprint density at radius 1 is 1.07 bits per heavy atom. The Labute approximate surface area is 242 Å². The maximum Gasteiger partial charge on any atom is 0.326 e. The van der Waals surface area contributed by atoms with Crippen LogP contribution in [0, 0.1) is 5.82 Å². The lowest BCUT2D eigenvalue weighted by Gasteiger charge is -2.34. The minimum absolute atomic E-state index is 0.0578. The van der Waals surface area contributed by atoms with Gasteiger partial charge in [0.1, 0.15) is 17.3 Å². The maximum absolute atomic E-state index is 14.7. The number of aromatic nitrogens is 2. The molecule has 6 rings (SSSR count). The number of para-hydroxylation sites is 1. The number of nitrogens with one attached hydrogen (secondary N) is 2. The number of carbonyl (C=O) groups is 1. The van der Waals surface area contributed by atoms with E-state index in [9.17, 15) is 9.18 Å². The molecule has 3 aromatic carbocycles. The van der Waals surface area contributed by atoms with Crippen molar-refractivity contribution in [1.29, 1.82) is 0 Å². The van der Waals surface area contributed by atoms with E-state index in [1.807, 2.05) is 30.3 Å². The lowest BCUT2D eigenvalue weighted by Crippen LogP contribution is -2.44. The van der Waals surface area contributed by atoms with E-state index in [1.165, 1.54) is 17.0 Å². The highest BCUT2D eigenvalue weighted by Crippen LogP contribution is 2.40. The van der Waals surface area contributed by atoms with E-state index in [0.29, 0.717) is 40.0 Å². The van der Waals surface area contributed by atoms with E-state index in [2.05, 4.69) is 38.5 Å². The second kappa shape index (κ2) is 11.2. The monoisotopic (exact) mass is 573 g/mol. The Hall–Kier alpha value is -4.41. The summed E-state index contributed by atoms with van der Waals surface area (Å²) in [6.07, 6.45) is 1.56. The number of carbonyl (C=O) groups excluding carboxylic acids is 1. The number of methoxy groups -OCH3 is 1. The topological polar surface area (TPSA) is 85.9 Å². The zero-order valence-electron chi connectivity index (χ0n) is 22.7. The molecular formula is C30H29ClFN7O2. The third kappa shape index (κ3) is 5.36. The van der Waals surface area contributed by atoms with Crippen molar-refractivity contribution < 1.29 is 13.9 Å². The smallest absolute Gasteiger partial charge is 0.326 e. The molecule has 4 aromatic rings. The largest absolute Gasteiger partial charge is 0.494 e. The molecule has 11 heteroatoms. The first-order valence-electron chi connectivity index (χ1n) is 13.3. The van der Waals surface area contributed by atoms with Gasteiger partial charge in [0.15, 0.2) is 0 Å². The number of piperazine rings is 1. The third-order valence-corrected chi connectivity index (χ3v) is 7.76. The quantitative estimate of drug-likeness (QED) is 0.293. The van der Waals surface area contributed by atoms with Gasteiger partial charge >= 0.3 is 6.03 Å². The summed E-state index contributed by atoms with van der Waals surface area (Å²) in [7, 11) is 3.76. The third-order valence-electron chi connectivity index (χ3n) is 7.40. The van der Waals surface area contributed by atoms with E-state index in [0.717, 1.165) is 31.9 Å². The molecule has 1 fully saturated rings. The van der Waals surface area contributed by atoms with Gasteiger partial charge in [0, 0.05) is 54.1 Å². The fraction of sp³-hybridized carbons (Fsp3) is 0.233. The van der Waals surface area contributed by atoms with Crippen LogP contribution in [0.3, 0.4) is 0 Å². The van der Waals surface area contributed by atoms with Crippen LogP contribution in [-0.4, -0.2) is 61.2 Å². The van der Waals surface area contributed by atoms with Crippen LogP contribution in [-0.2, 0) is 6.54 Å². The standard InChI is InChI=1S/C30H29ClFN7O2/c1-37-12-14-38(15-13-37)19-10-11-24(27(16-19)41-2)34-29-33-17-25-28(36-29)20-6-3-4-9-26(20)39(30(40)35-25)18-21-22(31)7-5-8-23(21)32/h3-11,16-17H,12-15,18H2,1-2H3,(H,35,40)(H,33,34,36). The molecule has 2 amide bonds. The van der Waals surface area contributed by atoms with Crippen LogP contribution in [0.4, 0.5) is 37.9 Å². The normalized spacial score (nSPS) is 15.1. The van der Waals surface area contributed by atoms with Crippen LogP contribution in [0.15, 0.2) is 66.9 Å². The summed E-state index contributed by atoms with van der Waals surface area (Å²) < 4.78 is 20.4. The highest BCUT2D eigenvalue weighted by molar-refractivity contribution is 6.31. The number of halogens is 2. The van der Waals surface area contributed by atoms with Crippen molar-refractivity contribution in [3.63, 3.8) is 0 Å². The van der Waals surface area contributed by atoms with E-state index >= 15 is 0 Å². The van der Waals surface area contributed by atoms with Gasteiger partial charge in [-0.05, 0) is 37.4 Å². The van der Waals surface area contributed by atoms with Gasteiger partial charge in [-0.3, -0.25) is 4.90 Å². The molecule has 0 aliphatic carbocycles. The number of ether oxygens (including phenoxy) is 1. The Morgan fingerprint density at radius 3 is 2.66 bits per heavy atom. The maximum atomic E-state index is 14.7. The van der Waals surface area contributed by atoms with Gasteiger partial charge in [-0.1, -0.05) is 35.9 Å². The molecule has 2 aliphatic heterocycles. The van der Waals surface area contributed by atoms with Crippen molar-refractivity contribution in [2.45, 2.75) is 6.54 Å². The summed E-state index contributed by atoms with van der Waals surface area (Å²) in [4.78, 5) is 28.7. The second-order valence-corrected chi connectivity index (χ2v) is 10.4. The zero-order valence-corrected chi connectivity index (χ0v) is 23.5. The minimum atomic E-state index is -0.483. The molecule has 0 radical (unpaired) electrons. The molecule has 210 valence electrons. The number of rotatable bonds is 6. The van der Waals surface area contributed by atoms with Crippen LogP contribution in [0.5, 0.6) is 5.75 Å². The molecule has 0 bridgehead atoms. The van der Waals surface area contributed by atoms with Crippen LogP contribution in [0.25, 0.3) is 11.3 Å². The molecule has 3 heterocycles. The molecule has 2 aliphatic rings. The Balaban J connectivity index is 1.32. The number of hydrogen-bond donors (Lipinski definition) is 2. The predicted octanol–water partition coefficient (Wildman–Crippen LogP) is 5.99. The van der Waals surface area contributed by atoms with Gasteiger partial charge < -0.3 is 25.2 Å². The van der Waals surface area contributed by atoms with Crippen molar-refractivity contribution in [2.75, 3.05) is 60.8 Å². The first kappa shape index (κ1) is 26.8. The molecule has 0 saturated carbocycles. The van der Waals surface area contributed by atoms with Crippen molar-refractivity contribution in [1.82, 2.24) is 14.9 Å². The van der Waals surface area contributed by atoms with E-state index in [-0.39, 0.29) is 17.1 Å². The number of fused-ring (bicyclic) bond motifs is 3. The molecule has 1 saturated heterocycles. The predicted molar refractivity (Wildman–Crippen MR) is 160 cm³/mol. The van der Waals surface area contributed by atoms with Gasteiger partial charge in [-0.2, -0.15) is 0 Å². The Morgan fingerprint density at radius 2 is 1.88 bits per heavy atom. The molecule has 41 heavy (non-hydrogen) atoms. The van der Waals surface area contributed by atoms with E-state index in [1.54, 1.807) is 25.4 Å². The molecule has 2 N–H and O–H groups in total. The fourth-order valence-electron chi connectivity index (χ4n) is 5.10. The first-order valence-corrected chi connectivity index (χ1v) is 13.7. The molecule has 9 nitrogen and oxygen atoms in total. The average Bonchev–Trinajstić information content (AvgIpc) is 3.09. The summed E-state index contributed by atoms with van der Waals surface area (Å²) in [6.45, 7) is 3.86. The van der Waals surface area contributed by atoms with Crippen molar-refractivity contribution in [3.05, 3.63) is 83.3 Å². The molecular weight excluding hydrogens is 545 g/mol. The fourth-order valence-corrected chi connectivity index (χ4v) is 5.33. The summed E-state index contributed by atoms with van der Waals surface area (Å²) >= 11 is 6.29. The van der Waals surface area contributed by atoms with Crippen LogP contribution in [0.2, 0.25) is 5.02 Å². The van der Waals surface area contributed by atoms with E-state index < -0.39 is 11.8 Å². The van der Waals surface area contributed by atoms with Gasteiger partial charge in [0.05, 0.1) is 36.9 Å². The molecule has 0 unspecified atom stereocenters. The van der Waals surface area contributed by atoms with Crippen molar-refractivity contribution in [2.24, 2.45) is 0 Å².